The number of Topliss-reactive ketones (excluding diaryl/α,β-unsaturated/α-hetero) is 1. The first-order valence-electron chi connectivity index (χ1n) is 5.16. The average molecular weight is 228 g/mol. The molecular weight excluding hydrogens is 214 g/mol. The lowest BCUT2D eigenvalue weighted by Crippen LogP contribution is -2.29. The van der Waals surface area contributed by atoms with Gasteiger partial charge in [0, 0.05) is 13.0 Å². The SMILES string of the molecule is CC(N)C(=O)c1c(Cl)nc2n1CCCC2. The Labute approximate surface area is 93.4 Å². The van der Waals surface area contributed by atoms with E-state index in [1.54, 1.807) is 6.92 Å². The zero-order chi connectivity index (χ0) is 11.0. The molecule has 0 amide bonds. The van der Waals surface area contributed by atoms with E-state index in [1.165, 1.54) is 0 Å². The van der Waals surface area contributed by atoms with Gasteiger partial charge in [-0.1, -0.05) is 11.6 Å². The average Bonchev–Trinajstić information content (AvgIpc) is 2.52. The minimum absolute atomic E-state index is 0.124. The highest BCUT2D eigenvalue weighted by atomic mass is 35.5. The molecular formula is C10H14ClN3O. The Morgan fingerprint density at radius 3 is 3.00 bits per heavy atom. The molecule has 1 aromatic rings. The smallest absolute Gasteiger partial charge is 0.198 e. The highest BCUT2D eigenvalue weighted by Crippen LogP contribution is 2.23. The minimum atomic E-state index is -0.523. The van der Waals surface area contributed by atoms with Crippen molar-refractivity contribution in [3.8, 4) is 0 Å². The van der Waals surface area contributed by atoms with Gasteiger partial charge in [0.2, 0.25) is 0 Å². The minimum Gasteiger partial charge on any atom is -0.324 e. The molecule has 0 spiro atoms. The van der Waals surface area contributed by atoms with Crippen LogP contribution in [0, 0.1) is 0 Å². The Bertz CT molecular complexity index is 398. The van der Waals surface area contributed by atoms with Crippen LogP contribution in [0.15, 0.2) is 0 Å². The summed E-state index contributed by atoms with van der Waals surface area (Å²) >= 11 is 5.97. The van der Waals surface area contributed by atoms with Crippen LogP contribution in [0.25, 0.3) is 0 Å². The predicted octanol–water partition coefficient (Wildman–Crippen LogP) is 1.40. The molecule has 82 valence electrons. The molecule has 2 rings (SSSR count). The monoisotopic (exact) mass is 227 g/mol. The van der Waals surface area contributed by atoms with E-state index < -0.39 is 6.04 Å². The second-order valence-corrected chi connectivity index (χ2v) is 4.29. The topological polar surface area (TPSA) is 60.9 Å². The fourth-order valence-corrected chi connectivity index (χ4v) is 2.19. The lowest BCUT2D eigenvalue weighted by Gasteiger charge is -2.16. The Hall–Kier alpha value is -0.870. The third kappa shape index (κ3) is 1.79. The number of carbonyl (C=O) groups is 1. The molecule has 1 aliphatic heterocycles. The second kappa shape index (κ2) is 3.94. The van der Waals surface area contributed by atoms with Crippen molar-refractivity contribution >= 4 is 17.4 Å². The van der Waals surface area contributed by atoms with Crippen molar-refractivity contribution < 1.29 is 4.79 Å². The van der Waals surface area contributed by atoms with E-state index in [-0.39, 0.29) is 5.78 Å². The van der Waals surface area contributed by atoms with Crippen molar-refractivity contribution in [3.05, 3.63) is 16.7 Å². The first-order chi connectivity index (χ1) is 7.11. The third-order valence-corrected chi connectivity index (χ3v) is 2.95. The van der Waals surface area contributed by atoms with Gasteiger partial charge in [-0.2, -0.15) is 0 Å². The molecule has 0 fully saturated rings. The number of nitrogens with two attached hydrogens (primary N) is 1. The first kappa shape index (κ1) is 10.6. The van der Waals surface area contributed by atoms with Crippen molar-refractivity contribution in [2.24, 2.45) is 5.73 Å². The van der Waals surface area contributed by atoms with Crippen LogP contribution >= 0.6 is 11.6 Å². The fraction of sp³-hybridized carbons (Fsp3) is 0.600. The summed E-state index contributed by atoms with van der Waals surface area (Å²) in [5, 5.41) is 0.300. The highest BCUT2D eigenvalue weighted by molar-refractivity contribution is 6.32. The summed E-state index contributed by atoms with van der Waals surface area (Å²) in [7, 11) is 0. The summed E-state index contributed by atoms with van der Waals surface area (Å²) in [4.78, 5) is 16.0. The van der Waals surface area contributed by atoms with E-state index in [4.69, 9.17) is 17.3 Å². The Morgan fingerprint density at radius 1 is 1.60 bits per heavy atom. The summed E-state index contributed by atoms with van der Waals surface area (Å²) < 4.78 is 1.91. The van der Waals surface area contributed by atoms with Crippen LogP contribution in [0.3, 0.4) is 0 Å². The number of aryl methyl sites for hydroxylation is 1. The number of hydrogen-bond donors (Lipinski definition) is 1. The Balaban J connectivity index is 2.46. The molecule has 0 bridgehead atoms. The molecule has 1 aliphatic rings. The van der Waals surface area contributed by atoms with Crippen LogP contribution in [-0.2, 0) is 13.0 Å². The van der Waals surface area contributed by atoms with Gasteiger partial charge < -0.3 is 10.3 Å². The summed E-state index contributed by atoms with van der Waals surface area (Å²) in [5.41, 5.74) is 6.07. The molecule has 0 saturated heterocycles. The van der Waals surface area contributed by atoms with E-state index in [1.807, 2.05) is 4.57 Å². The van der Waals surface area contributed by atoms with Crippen molar-refractivity contribution in [2.75, 3.05) is 0 Å². The summed E-state index contributed by atoms with van der Waals surface area (Å²) in [6.07, 6.45) is 3.07. The maximum absolute atomic E-state index is 11.8. The van der Waals surface area contributed by atoms with Gasteiger partial charge in [-0.05, 0) is 19.8 Å². The van der Waals surface area contributed by atoms with E-state index in [0.29, 0.717) is 10.8 Å². The van der Waals surface area contributed by atoms with E-state index >= 15 is 0 Å². The number of imidazole rings is 1. The fourth-order valence-electron chi connectivity index (χ4n) is 1.90. The van der Waals surface area contributed by atoms with Crippen LogP contribution in [0.2, 0.25) is 5.15 Å². The number of fused-ring (bicyclic) bond motifs is 1. The molecule has 2 N–H and O–H groups in total. The van der Waals surface area contributed by atoms with Gasteiger partial charge in [0.05, 0.1) is 6.04 Å². The highest BCUT2D eigenvalue weighted by Gasteiger charge is 2.25. The molecule has 0 saturated carbocycles. The molecule has 0 aromatic carbocycles. The van der Waals surface area contributed by atoms with Crippen LogP contribution in [0.4, 0.5) is 0 Å². The van der Waals surface area contributed by atoms with Crippen molar-refractivity contribution in [3.63, 3.8) is 0 Å². The zero-order valence-electron chi connectivity index (χ0n) is 8.66. The number of hydrogen-bond acceptors (Lipinski definition) is 3. The van der Waals surface area contributed by atoms with Crippen molar-refractivity contribution in [2.45, 2.75) is 38.8 Å². The largest absolute Gasteiger partial charge is 0.324 e. The van der Waals surface area contributed by atoms with Gasteiger partial charge in [-0.15, -0.1) is 0 Å². The van der Waals surface area contributed by atoms with Crippen molar-refractivity contribution in [1.29, 1.82) is 0 Å². The molecule has 1 unspecified atom stereocenters. The van der Waals surface area contributed by atoms with E-state index in [2.05, 4.69) is 4.98 Å². The number of rotatable bonds is 2. The third-order valence-electron chi connectivity index (χ3n) is 2.68. The maximum Gasteiger partial charge on any atom is 0.198 e. The van der Waals surface area contributed by atoms with Gasteiger partial charge in [0.15, 0.2) is 10.9 Å². The van der Waals surface area contributed by atoms with Crippen LogP contribution in [-0.4, -0.2) is 21.4 Å². The van der Waals surface area contributed by atoms with Gasteiger partial charge in [0.25, 0.3) is 0 Å². The van der Waals surface area contributed by atoms with E-state index in [9.17, 15) is 4.79 Å². The summed E-state index contributed by atoms with van der Waals surface area (Å²) in [5.74, 6) is 0.788. The van der Waals surface area contributed by atoms with E-state index in [0.717, 1.165) is 31.6 Å². The van der Waals surface area contributed by atoms with Gasteiger partial charge in [0.1, 0.15) is 11.5 Å². The number of carbonyl (C=O) groups excluding carboxylic acids is 1. The number of nitrogens with zero attached hydrogens (tertiary/aromatic N) is 2. The second-order valence-electron chi connectivity index (χ2n) is 3.93. The quantitative estimate of drug-likeness (QED) is 0.777. The lowest BCUT2D eigenvalue weighted by atomic mass is 10.1. The Kier molecular flexibility index (Phi) is 2.80. The molecule has 0 radical (unpaired) electrons. The normalized spacial score (nSPS) is 17.3. The zero-order valence-corrected chi connectivity index (χ0v) is 9.42. The molecule has 2 heterocycles. The lowest BCUT2D eigenvalue weighted by molar-refractivity contribution is 0.0958. The predicted molar refractivity (Wildman–Crippen MR) is 58.2 cm³/mol. The summed E-state index contributed by atoms with van der Waals surface area (Å²) in [6, 6.07) is -0.523. The molecule has 0 aliphatic carbocycles. The molecule has 1 atom stereocenters. The molecule has 5 heteroatoms. The Morgan fingerprint density at radius 2 is 2.33 bits per heavy atom. The van der Waals surface area contributed by atoms with Crippen LogP contribution in [0.1, 0.15) is 36.1 Å². The number of aromatic nitrogens is 2. The van der Waals surface area contributed by atoms with Crippen LogP contribution in [0.5, 0.6) is 0 Å². The standard InChI is InChI=1S/C10H14ClN3O/c1-6(12)9(15)8-10(11)13-7-4-2-3-5-14(7)8/h6H,2-5,12H2,1H3. The first-order valence-corrected chi connectivity index (χ1v) is 5.53. The molecule has 1 aromatic heterocycles. The van der Waals surface area contributed by atoms with Gasteiger partial charge in [-0.3, -0.25) is 4.79 Å². The number of ketones is 1. The summed E-state index contributed by atoms with van der Waals surface area (Å²) in [6.45, 7) is 2.49. The molecule has 15 heavy (non-hydrogen) atoms. The van der Waals surface area contributed by atoms with Gasteiger partial charge in [-0.25, -0.2) is 4.98 Å². The molecule has 4 nitrogen and oxygen atoms in total. The van der Waals surface area contributed by atoms with Gasteiger partial charge >= 0.3 is 0 Å². The van der Waals surface area contributed by atoms with Crippen LogP contribution < -0.4 is 5.73 Å². The van der Waals surface area contributed by atoms with Crippen molar-refractivity contribution in [1.82, 2.24) is 9.55 Å². The maximum atomic E-state index is 11.8. The number of halogens is 1.